The number of nitrogens with zero attached hydrogens (tertiary/aromatic N) is 1. The van der Waals surface area contributed by atoms with Crippen LogP contribution in [0.4, 0.5) is 0 Å². The highest BCUT2D eigenvalue weighted by Gasteiger charge is 2.40. The van der Waals surface area contributed by atoms with Crippen molar-refractivity contribution >= 4 is 5.91 Å². The van der Waals surface area contributed by atoms with Crippen LogP contribution < -0.4 is 5.32 Å². The van der Waals surface area contributed by atoms with E-state index in [0.717, 1.165) is 13.0 Å². The summed E-state index contributed by atoms with van der Waals surface area (Å²) in [5, 5.41) is 3.51. The van der Waals surface area contributed by atoms with Crippen molar-refractivity contribution < 1.29 is 9.53 Å². The fraction of sp³-hybridized carbons (Fsp3) is 0.588. The second kappa shape index (κ2) is 7.05. The number of ether oxygens (including phenoxy) is 1. The van der Waals surface area contributed by atoms with E-state index in [0.29, 0.717) is 6.61 Å². The molecule has 4 heteroatoms. The average Bonchev–Trinajstić information content (AvgIpc) is 2.77. The van der Waals surface area contributed by atoms with Crippen LogP contribution in [0.2, 0.25) is 0 Å². The Balaban J connectivity index is 2.23. The molecule has 1 aromatic carbocycles. The number of carbonyl (C=O) groups is 1. The lowest BCUT2D eigenvalue weighted by Gasteiger charge is -2.25. The van der Waals surface area contributed by atoms with Gasteiger partial charge in [0.2, 0.25) is 5.91 Å². The Morgan fingerprint density at radius 1 is 1.33 bits per heavy atom. The van der Waals surface area contributed by atoms with Crippen LogP contribution in [0.15, 0.2) is 24.3 Å². The van der Waals surface area contributed by atoms with Gasteiger partial charge in [-0.1, -0.05) is 38.1 Å². The Morgan fingerprint density at radius 3 is 2.67 bits per heavy atom. The number of hydrogen-bond acceptors (Lipinski definition) is 3. The van der Waals surface area contributed by atoms with Gasteiger partial charge in [-0.2, -0.15) is 0 Å². The number of carbonyl (C=O) groups excluding carboxylic acids is 1. The second-order valence-electron chi connectivity index (χ2n) is 6.03. The summed E-state index contributed by atoms with van der Waals surface area (Å²) in [4.78, 5) is 14.6. The Labute approximate surface area is 127 Å². The monoisotopic (exact) mass is 290 g/mol. The van der Waals surface area contributed by atoms with Crippen molar-refractivity contribution in [2.75, 3.05) is 20.3 Å². The molecule has 0 bridgehead atoms. The van der Waals surface area contributed by atoms with E-state index in [2.05, 4.69) is 38.2 Å². The molecule has 1 fully saturated rings. The number of amides is 1. The molecule has 1 N–H and O–H groups in total. The van der Waals surface area contributed by atoms with E-state index < -0.39 is 0 Å². The molecule has 1 saturated heterocycles. The smallest absolute Gasteiger partial charge is 0.241 e. The summed E-state index contributed by atoms with van der Waals surface area (Å²) >= 11 is 0. The number of rotatable bonds is 6. The molecule has 1 aliphatic rings. The van der Waals surface area contributed by atoms with Crippen LogP contribution in [0.25, 0.3) is 0 Å². The highest BCUT2D eigenvalue weighted by Crippen LogP contribution is 2.29. The van der Waals surface area contributed by atoms with E-state index in [1.54, 1.807) is 7.11 Å². The molecule has 116 valence electrons. The second-order valence-corrected chi connectivity index (χ2v) is 6.03. The summed E-state index contributed by atoms with van der Waals surface area (Å²) in [5.74, 6) is 0.491. The lowest BCUT2D eigenvalue weighted by Crippen LogP contribution is -2.35. The first-order chi connectivity index (χ1) is 10.1. The SMILES string of the molecule is COCCCN1C(=O)C(C(C)C)NC1c1ccccc1C. The minimum Gasteiger partial charge on any atom is -0.385 e. The standard InChI is InChI=1S/C17H26N2O2/c1-12(2)15-17(20)19(10-7-11-21-4)16(18-15)14-9-6-5-8-13(14)3/h5-6,8-9,12,15-16,18H,7,10-11H2,1-4H3. The summed E-state index contributed by atoms with van der Waals surface area (Å²) in [5.41, 5.74) is 2.40. The van der Waals surface area contributed by atoms with Crippen molar-refractivity contribution in [1.82, 2.24) is 10.2 Å². The number of benzene rings is 1. The van der Waals surface area contributed by atoms with Gasteiger partial charge >= 0.3 is 0 Å². The van der Waals surface area contributed by atoms with E-state index in [1.165, 1.54) is 11.1 Å². The minimum atomic E-state index is -0.0999. The molecule has 0 spiro atoms. The Morgan fingerprint density at radius 2 is 2.05 bits per heavy atom. The van der Waals surface area contributed by atoms with Gasteiger partial charge in [0.05, 0.1) is 6.04 Å². The van der Waals surface area contributed by atoms with Gasteiger partial charge in [0.1, 0.15) is 6.17 Å². The van der Waals surface area contributed by atoms with Gasteiger partial charge < -0.3 is 9.64 Å². The van der Waals surface area contributed by atoms with E-state index in [1.807, 2.05) is 17.0 Å². The first kappa shape index (κ1) is 16.0. The number of aryl methyl sites for hydroxylation is 1. The third-order valence-electron chi connectivity index (χ3n) is 4.10. The molecule has 21 heavy (non-hydrogen) atoms. The lowest BCUT2D eigenvalue weighted by atomic mass is 10.0. The van der Waals surface area contributed by atoms with Gasteiger partial charge in [0.25, 0.3) is 0 Å². The molecule has 0 aromatic heterocycles. The van der Waals surface area contributed by atoms with Crippen molar-refractivity contribution in [3.8, 4) is 0 Å². The maximum atomic E-state index is 12.7. The molecular formula is C17H26N2O2. The third-order valence-corrected chi connectivity index (χ3v) is 4.10. The summed E-state index contributed by atoms with van der Waals surface area (Å²) in [6, 6.07) is 8.16. The summed E-state index contributed by atoms with van der Waals surface area (Å²) in [6.45, 7) is 7.67. The van der Waals surface area contributed by atoms with Crippen LogP contribution in [0.5, 0.6) is 0 Å². The molecular weight excluding hydrogens is 264 g/mol. The highest BCUT2D eigenvalue weighted by molar-refractivity contribution is 5.85. The van der Waals surface area contributed by atoms with E-state index in [9.17, 15) is 4.79 Å². The lowest BCUT2D eigenvalue weighted by molar-refractivity contribution is -0.131. The summed E-state index contributed by atoms with van der Waals surface area (Å²) < 4.78 is 5.12. The maximum absolute atomic E-state index is 12.7. The first-order valence-electron chi connectivity index (χ1n) is 7.67. The van der Waals surface area contributed by atoms with Gasteiger partial charge in [-0.15, -0.1) is 0 Å². The zero-order chi connectivity index (χ0) is 15.4. The summed E-state index contributed by atoms with van der Waals surface area (Å²) in [6.07, 6.45) is 0.833. The topological polar surface area (TPSA) is 41.6 Å². The molecule has 0 aliphatic carbocycles. The highest BCUT2D eigenvalue weighted by atomic mass is 16.5. The van der Waals surface area contributed by atoms with Crippen molar-refractivity contribution in [3.05, 3.63) is 35.4 Å². The van der Waals surface area contributed by atoms with E-state index >= 15 is 0 Å². The van der Waals surface area contributed by atoms with Gasteiger partial charge in [-0.25, -0.2) is 0 Å². The van der Waals surface area contributed by atoms with Crippen LogP contribution in [-0.4, -0.2) is 37.1 Å². The summed E-state index contributed by atoms with van der Waals surface area (Å²) in [7, 11) is 1.69. The van der Waals surface area contributed by atoms with Gasteiger partial charge in [0.15, 0.2) is 0 Å². The Hall–Kier alpha value is -1.39. The van der Waals surface area contributed by atoms with Gasteiger partial charge in [-0.05, 0) is 30.4 Å². The number of methoxy groups -OCH3 is 1. The molecule has 2 rings (SSSR count). The molecule has 1 heterocycles. The Kier molecular flexibility index (Phi) is 5.37. The van der Waals surface area contributed by atoms with Crippen molar-refractivity contribution in [2.24, 2.45) is 5.92 Å². The number of nitrogens with one attached hydrogen (secondary N) is 1. The largest absolute Gasteiger partial charge is 0.385 e. The molecule has 2 atom stereocenters. The fourth-order valence-electron chi connectivity index (χ4n) is 2.88. The predicted molar refractivity (Wildman–Crippen MR) is 83.9 cm³/mol. The Bertz CT molecular complexity index is 487. The molecule has 1 amide bonds. The molecule has 1 aliphatic heterocycles. The quantitative estimate of drug-likeness (QED) is 0.818. The zero-order valence-corrected chi connectivity index (χ0v) is 13.4. The normalized spacial score (nSPS) is 22.3. The van der Waals surface area contributed by atoms with Crippen molar-refractivity contribution in [3.63, 3.8) is 0 Å². The van der Waals surface area contributed by atoms with Crippen LogP contribution in [0.3, 0.4) is 0 Å². The van der Waals surface area contributed by atoms with Crippen molar-refractivity contribution in [1.29, 1.82) is 0 Å². The zero-order valence-electron chi connectivity index (χ0n) is 13.4. The van der Waals surface area contributed by atoms with Crippen LogP contribution >= 0.6 is 0 Å². The van der Waals surface area contributed by atoms with Crippen LogP contribution in [0, 0.1) is 12.8 Å². The molecule has 2 unspecified atom stereocenters. The molecule has 0 radical (unpaired) electrons. The van der Waals surface area contributed by atoms with Crippen LogP contribution in [0.1, 0.15) is 37.6 Å². The minimum absolute atomic E-state index is 0.0250. The van der Waals surface area contributed by atoms with Gasteiger partial charge in [0, 0.05) is 20.3 Å². The number of hydrogen-bond donors (Lipinski definition) is 1. The molecule has 1 aromatic rings. The maximum Gasteiger partial charge on any atom is 0.241 e. The molecule has 4 nitrogen and oxygen atoms in total. The predicted octanol–water partition coefficient (Wildman–Crippen LogP) is 2.49. The van der Waals surface area contributed by atoms with Gasteiger partial charge in [-0.3, -0.25) is 10.1 Å². The average molecular weight is 290 g/mol. The van der Waals surface area contributed by atoms with Crippen LogP contribution in [-0.2, 0) is 9.53 Å². The fourth-order valence-corrected chi connectivity index (χ4v) is 2.88. The first-order valence-corrected chi connectivity index (χ1v) is 7.67. The van der Waals surface area contributed by atoms with E-state index in [4.69, 9.17) is 4.74 Å². The molecule has 0 saturated carbocycles. The van der Waals surface area contributed by atoms with Crippen molar-refractivity contribution in [2.45, 2.75) is 39.4 Å². The third kappa shape index (κ3) is 3.44. The van der Waals surface area contributed by atoms with E-state index in [-0.39, 0.29) is 24.0 Å².